The van der Waals surface area contributed by atoms with Crippen molar-refractivity contribution in [1.29, 1.82) is 0 Å². The van der Waals surface area contributed by atoms with Crippen LogP contribution in [0, 0.1) is 0 Å². The van der Waals surface area contributed by atoms with Crippen LogP contribution in [0.1, 0.15) is 36.5 Å². The average molecular weight is 263 g/mol. The number of nitrogens with two attached hydrogens (primary N) is 2. The van der Waals surface area contributed by atoms with Crippen molar-refractivity contribution in [3.05, 3.63) is 23.8 Å². The molecule has 1 atom stereocenters. The predicted molar refractivity (Wildman–Crippen MR) is 76.1 cm³/mol. The number of carbonyl (C=O) groups is 1. The van der Waals surface area contributed by atoms with E-state index in [0.717, 1.165) is 25.1 Å². The summed E-state index contributed by atoms with van der Waals surface area (Å²) in [6, 6.07) is 5.12. The molecule has 0 radical (unpaired) electrons. The van der Waals surface area contributed by atoms with Crippen molar-refractivity contribution in [3.63, 3.8) is 0 Å². The molecular weight excluding hydrogens is 242 g/mol. The van der Waals surface area contributed by atoms with E-state index >= 15 is 0 Å². The molecule has 1 heterocycles. The third-order valence-corrected chi connectivity index (χ3v) is 3.69. The van der Waals surface area contributed by atoms with Crippen molar-refractivity contribution in [2.24, 2.45) is 5.73 Å². The van der Waals surface area contributed by atoms with Gasteiger partial charge in [-0.2, -0.15) is 0 Å². The number of nitrogens with zero attached hydrogens (tertiary/aromatic N) is 1. The van der Waals surface area contributed by atoms with E-state index in [2.05, 4.69) is 4.90 Å². The fourth-order valence-electron chi connectivity index (χ4n) is 2.52. The Labute approximate surface area is 113 Å². The molecule has 0 aromatic heterocycles. The van der Waals surface area contributed by atoms with Crippen molar-refractivity contribution < 1.29 is 9.90 Å². The zero-order valence-corrected chi connectivity index (χ0v) is 11.2. The van der Waals surface area contributed by atoms with Gasteiger partial charge >= 0.3 is 0 Å². The minimum atomic E-state index is -0.637. The Morgan fingerprint density at radius 3 is 2.79 bits per heavy atom. The van der Waals surface area contributed by atoms with Gasteiger partial charge in [0, 0.05) is 18.8 Å². The van der Waals surface area contributed by atoms with Crippen molar-refractivity contribution in [2.75, 3.05) is 23.7 Å². The monoisotopic (exact) mass is 263 g/mol. The van der Waals surface area contributed by atoms with E-state index in [1.165, 1.54) is 0 Å². The van der Waals surface area contributed by atoms with Gasteiger partial charge in [-0.25, -0.2) is 0 Å². The van der Waals surface area contributed by atoms with E-state index < -0.39 is 11.5 Å². The van der Waals surface area contributed by atoms with Crippen molar-refractivity contribution >= 4 is 17.3 Å². The maximum absolute atomic E-state index is 11.5. The number of carbonyl (C=O) groups excluding carboxylic acids is 1. The summed E-state index contributed by atoms with van der Waals surface area (Å²) in [6.07, 6.45) is 2.30. The Morgan fingerprint density at radius 1 is 1.37 bits per heavy atom. The number of hydrogen-bond donors (Lipinski definition) is 3. The highest BCUT2D eigenvalue weighted by Gasteiger charge is 2.26. The summed E-state index contributed by atoms with van der Waals surface area (Å²) < 4.78 is 0. The number of anilines is 2. The standard InChI is InChI=1S/C14H21N3O2/c1-14(19)5-2-7-17(8-6-14)12-9-10(15)3-4-11(12)13(16)18/h3-4,9,19H,2,5-8,15H2,1H3,(H2,16,18). The molecule has 0 spiro atoms. The molecule has 1 amide bonds. The molecule has 1 aliphatic rings. The lowest BCUT2D eigenvalue weighted by molar-refractivity contribution is 0.0481. The fraction of sp³-hybridized carbons (Fsp3) is 0.500. The lowest BCUT2D eigenvalue weighted by Gasteiger charge is -2.26. The number of rotatable bonds is 2. The van der Waals surface area contributed by atoms with Gasteiger partial charge in [-0.05, 0) is 44.4 Å². The molecule has 1 aromatic carbocycles. The van der Waals surface area contributed by atoms with Crippen molar-refractivity contribution in [2.45, 2.75) is 31.8 Å². The molecule has 1 saturated heterocycles. The highest BCUT2D eigenvalue weighted by molar-refractivity contribution is 5.99. The van der Waals surface area contributed by atoms with Crippen LogP contribution in [-0.2, 0) is 0 Å². The van der Waals surface area contributed by atoms with Crippen LogP contribution >= 0.6 is 0 Å². The molecular formula is C14H21N3O2. The van der Waals surface area contributed by atoms with Gasteiger partial charge in [-0.1, -0.05) is 0 Å². The first-order valence-corrected chi connectivity index (χ1v) is 6.56. The van der Waals surface area contributed by atoms with Gasteiger partial charge in [-0.3, -0.25) is 4.79 Å². The Kier molecular flexibility index (Phi) is 3.66. The summed E-state index contributed by atoms with van der Waals surface area (Å²) in [6.45, 7) is 3.33. The number of benzene rings is 1. The second-order valence-electron chi connectivity index (χ2n) is 5.48. The molecule has 0 saturated carbocycles. The number of primary amides is 1. The van der Waals surface area contributed by atoms with E-state index in [9.17, 15) is 9.90 Å². The first kappa shape index (κ1) is 13.7. The largest absolute Gasteiger partial charge is 0.399 e. The molecule has 1 unspecified atom stereocenters. The summed E-state index contributed by atoms with van der Waals surface area (Å²) in [7, 11) is 0. The normalized spacial score (nSPS) is 24.0. The third kappa shape index (κ3) is 3.17. The van der Waals surface area contributed by atoms with Crippen LogP contribution in [0.15, 0.2) is 18.2 Å². The van der Waals surface area contributed by atoms with E-state index in [4.69, 9.17) is 11.5 Å². The third-order valence-electron chi connectivity index (χ3n) is 3.69. The quantitative estimate of drug-likeness (QED) is 0.697. The van der Waals surface area contributed by atoms with Gasteiger partial charge in [0.05, 0.1) is 16.9 Å². The molecule has 0 aliphatic carbocycles. The zero-order valence-electron chi connectivity index (χ0n) is 11.2. The summed E-state index contributed by atoms with van der Waals surface area (Å²) in [5, 5.41) is 10.1. The van der Waals surface area contributed by atoms with E-state index in [1.54, 1.807) is 18.2 Å². The molecule has 0 bridgehead atoms. The lowest BCUT2D eigenvalue weighted by atomic mass is 9.98. The van der Waals surface area contributed by atoms with Gasteiger partial charge in [0.25, 0.3) is 5.91 Å². The Hall–Kier alpha value is -1.75. The smallest absolute Gasteiger partial charge is 0.250 e. The van der Waals surface area contributed by atoms with Crippen LogP contribution in [-0.4, -0.2) is 29.7 Å². The zero-order chi connectivity index (χ0) is 14.0. The number of aliphatic hydroxyl groups is 1. The Morgan fingerprint density at radius 2 is 2.11 bits per heavy atom. The molecule has 19 heavy (non-hydrogen) atoms. The van der Waals surface area contributed by atoms with Gasteiger partial charge in [0.15, 0.2) is 0 Å². The first-order chi connectivity index (χ1) is 8.89. The summed E-state index contributed by atoms with van der Waals surface area (Å²) in [5.74, 6) is -0.453. The van der Waals surface area contributed by atoms with Crippen LogP contribution in [0.3, 0.4) is 0 Å². The minimum Gasteiger partial charge on any atom is -0.399 e. The average Bonchev–Trinajstić information content (AvgIpc) is 2.49. The highest BCUT2D eigenvalue weighted by atomic mass is 16.3. The Balaban J connectivity index is 2.30. The maximum atomic E-state index is 11.5. The summed E-state index contributed by atoms with van der Waals surface area (Å²) >= 11 is 0. The van der Waals surface area contributed by atoms with Gasteiger partial charge in [-0.15, -0.1) is 0 Å². The van der Waals surface area contributed by atoms with Crippen LogP contribution in [0.2, 0.25) is 0 Å². The second-order valence-corrected chi connectivity index (χ2v) is 5.48. The molecule has 2 rings (SSSR count). The highest BCUT2D eigenvalue weighted by Crippen LogP contribution is 2.28. The van der Waals surface area contributed by atoms with Crippen LogP contribution in [0.4, 0.5) is 11.4 Å². The van der Waals surface area contributed by atoms with E-state index in [-0.39, 0.29) is 0 Å². The predicted octanol–water partition coefficient (Wildman–Crippen LogP) is 1.11. The number of hydrogen-bond acceptors (Lipinski definition) is 4. The number of amides is 1. The SMILES string of the molecule is CC1(O)CCCN(c2cc(N)ccc2C(N)=O)CC1. The topological polar surface area (TPSA) is 92.6 Å². The van der Waals surface area contributed by atoms with Crippen molar-refractivity contribution in [1.82, 2.24) is 0 Å². The molecule has 5 nitrogen and oxygen atoms in total. The lowest BCUT2D eigenvalue weighted by Crippen LogP contribution is -2.30. The number of nitrogen functional groups attached to an aromatic ring is 1. The van der Waals surface area contributed by atoms with Crippen LogP contribution in [0.25, 0.3) is 0 Å². The van der Waals surface area contributed by atoms with E-state index in [0.29, 0.717) is 24.2 Å². The minimum absolute atomic E-state index is 0.453. The van der Waals surface area contributed by atoms with Crippen LogP contribution < -0.4 is 16.4 Å². The van der Waals surface area contributed by atoms with Gasteiger partial charge in [0.1, 0.15) is 0 Å². The second kappa shape index (κ2) is 5.09. The fourth-order valence-corrected chi connectivity index (χ4v) is 2.52. The Bertz CT molecular complexity index is 486. The molecule has 1 aliphatic heterocycles. The molecule has 5 heteroatoms. The molecule has 104 valence electrons. The molecule has 5 N–H and O–H groups in total. The van der Waals surface area contributed by atoms with Gasteiger partial charge < -0.3 is 21.5 Å². The summed E-state index contributed by atoms with van der Waals surface area (Å²) in [5.41, 5.74) is 12.4. The van der Waals surface area contributed by atoms with Gasteiger partial charge in [0.2, 0.25) is 0 Å². The molecule has 1 aromatic rings. The molecule has 1 fully saturated rings. The van der Waals surface area contributed by atoms with Crippen LogP contribution in [0.5, 0.6) is 0 Å². The summed E-state index contributed by atoms with van der Waals surface area (Å²) in [4.78, 5) is 13.6. The maximum Gasteiger partial charge on any atom is 0.250 e. The van der Waals surface area contributed by atoms with Crippen molar-refractivity contribution in [3.8, 4) is 0 Å². The first-order valence-electron chi connectivity index (χ1n) is 6.56. The van der Waals surface area contributed by atoms with E-state index in [1.807, 2.05) is 6.92 Å².